The minimum absolute atomic E-state index is 0.130. The van der Waals surface area contributed by atoms with Gasteiger partial charge >= 0.3 is 0 Å². The van der Waals surface area contributed by atoms with Gasteiger partial charge < -0.3 is 20.9 Å². The standard InChI is InChI=1S/C22H25ClFN5O/c1-14-3-6-19(18(23)11-14)29-21(30)8-10-27-22(25-2)26-9-7-15-13-28-20-12-16(24)4-5-17(15)20/h3-6,11-13,28H,7-10H2,1-2H3,(H,29,30)(H2,25,26,27). The Morgan fingerprint density at radius 3 is 2.73 bits per heavy atom. The fourth-order valence-corrected chi connectivity index (χ4v) is 3.41. The lowest BCUT2D eigenvalue weighted by Gasteiger charge is -2.12. The lowest BCUT2D eigenvalue weighted by atomic mass is 10.1. The molecule has 0 aliphatic heterocycles. The molecule has 3 rings (SSSR count). The molecular weight excluding hydrogens is 405 g/mol. The van der Waals surface area contributed by atoms with Crippen molar-refractivity contribution < 1.29 is 9.18 Å². The van der Waals surface area contributed by atoms with E-state index in [1.807, 2.05) is 25.3 Å². The Bertz CT molecular complexity index is 1060. The van der Waals surface area contributed by atoms with Crippen molar-refractivity contribution in [2.45, 2.75) is 19.8 Å². The van der Waals surface area contributed by atoms with Gasteiger partial charge in [-0.25, -0.2) is 4.39 Å². The van der Waals surface area contributed by atoms with Crippen LogP contribution in [0.15, 0.2) is 47.6 Å². The summed E-state index contributed by atoms with van der Waals surface area (Å²) in [4.78, 5) is 19.4. The highest BCUT2D eigenvalue weighted by Gasteiger charge is 2.08. The zero-order chi connectivity index (χ0) is 21.5. The van der Waals surface area contributed by atoms with Crippen LogP contribution in [0.5, 0.6) is 0 Å². The Labute approximate surface area is 179 Å². The molecule has 3 aromatic rings. The molecule has 0 spiro atoms. The van der Waals surface area contributed by atoms with Crippen LogP contribution < -0.4 is 16.0 Å². The quantitative estimate of drug-likeness (QED) is 0.338. The van der Waals surface area contributed by atoms with Crippen LogP contribution in [0.1, 0.15) is 17.5 Å². The third-order valence-electron chi connectivity index (χ3n) is 4.68. The number of hydrogen-bond donors (Lipinski definition) is 4. The molecule has 6 nitrogen and oxygen atoms in total. The first-order valence-electron chi connectivity index (χ1n) is 9.72. The SMILES string of the molecule is CN=C(NCCC(=O)Nc1ccc(C)cc1Cl)NCCc1c[nH]c2cc(F)ccc12. The molecule has 4 N–H and O–H groups in total. The first kappa shape index (κ1) is 21.6. The summed E-state index contributed by atoms with van der Waals surface area (Å²) in [7, 11) is 1.68. The zero-order valence-electron chi connectivity index (χ0n) is 17.0. The average molecular weight is 430 g/mol. The van der Waals surface area contributed by atoms with Gasteiger partial charge in [-0.15, -0.1) is 0 Å². The lowest BCUT2D eigenvalue weighted by molar-refractivity contribution is -0.116. The normalized spacial score (nSPS) is 11.5. The molecular formula is C22H25ClFN5O. The number of hydrogen-bond acceptors (Lipinski definition) is 2. The van der Waals surface area contributed by atoms with Gasteiger partial charge in [0.1, 0.15) is 5.82 Å². The minimum Gasteiger partial charge on any atom is -0.361 e. The Morgan fingerprint density at radius 2 is 1.97 bits per heavy atom. The number of carbonyl (C=O) groups is 1. The van der Waals surface area contributed by atoms with E-state index in [2.05, 4.69) is 25.9 Å². The van der Waals surface area contributed by atoms with Gasteiger partial charge in [-0.05, 0) is 54.8 Å². The molecule has 0 fully saturated rings. The Kier molecular flexibility index (Phi) is 7.30. The van der Waals surface area contributed by atoms with E-state index in [0.29, 0.717) is 29.8 Å². The third kappa shape index (κ3) is 5.73. The summed E-state index contributed by atoms with van der Waals surface area (Å²) in [5, 5.41) is 10.7. The molecule has 30 heavy (non-hydrogen) atoms. The van der Waals surface area contributed by atoms with E-state index in [-0.39, 0.29) is 18.1 Å². The topological polar surface area (TPSA) is 81.3 Å². The number of benzene rings is 2. The molecule has 0 radical (unpaired) electrons. The molecule has 1 heterocycles. The summed E-state index contributed by atoms with van der Waals surface area (Å²) < 4.78 is 13.3. The third-order valence-corrected chi connectivity index (χ3v) is 5.00. The van der Waals surface area contributed by atoms with Crippen LogP contribution in [-0.4, -0.2) is 37.0 Å². The number of aromatic amines is 1. The van der Waals surface area contributed by atoms with Crippen molar-refractivity contribution in [2.24, 2.45) is 4.99 Å². The first-order valence-corrected chi connectivity index (χ1v) is 10.1. The summed E-state index contributed by atoms with van der Waals surface area (Å²) >= 11 is 6.14. The van der Waals surface area contributed by atoms with Crippen LogP contribution in [0.25, 0.3) is 10.9 Å². The molecule has 0 unspecified atom stereocenters. The molecule has 8 heteroatoms. The number of guanidine groups is 1. The van der Waals surface area contributed by atoms with Crippen molar-refractivity contribution in [3.63, 3.8) is 0 Å². The number of aliphatic imine (C=N–C) groups is 1. The van der Waals surface area contributed by atoms with Crippen molar-refractivity contribution in [2.75, 3.05) is 25.5 Å². The number of fused-ring (bicyclic) bond motifs is 1. The Morgan fingerprint density at radius 1 is 1.17 bits per heavy atom. The van der Waals surface area contributed by atoms with Crippen LogP contribution in [0.3, 0.4) is 0 Å². The summed E-state index contributed by atoms with van der Waals surface area (Å²) in [5.41, 5.74) is 3.53. The van der Waals surface area contributed by atoms with Gasteiger partial charge in [0.05, 0.1) is 10.7 Å². The Balaban J connectivity index is 1.41. The number of nitrogens with zero attached hydrogens (tertiary/aromatic N) is 1. The molecule has 1 aromatic heterocycles. The van der Waals surface area contributed by atoms with Crippen LogP contribution in [0.4, 0.5) is 10.1 Å². The van der Waals surface area contributed by atoms with Gasteiger partial charge in [-0.2, -0.15) is 0 Å². The van der Waals surface area contributed by atoms with E-state index >= 15 is 0 Å². The maximum atomic E-state index is 13.3. The fraction of sp³-hybridized carbons (Fsp3) is 0.273. The van der Waals surface area contributed by atoms with Gasteiger partial charge in [0.2, 0.25) is 5.91 Å². The molecule has 158 valence electrons. The average Bonchev–Trinajstić information content (AvgIpc) is 3.11. The number of halogens is 2. The number of carbonyl (C=O) groups excluding carboxylic acids is 1. The number of aryl methyl sites for hydroxylation is 1. The van der Waals surface area contributed by atoms with Crippen molar-refractivity contribution >= 4 is 40.1 Å². The molecule has 0 aliphatic carbocycles. The zero-order valence-corrected chi connectivity index (χ0v) is 17.7. The van der Waals surface area contributed by atoms with E-state index < -0.39 is 0 Å². The number of aromatic nitrogens is 1. The monoisotopic (exact) mass is 429 g/mol. The van der Waals surface area contributed by atoms with Crippen LogP contribution >= 0.6 is 11.6 Å². The van der Waals surface area contributed by atoms with Gasteiger partial charge in [0.15, 0.2) is 5.96 Å². The highest BCUT2D eigenvalue weighted by Crippen LogP contribution is 2.22. The van der Waals surface area contributed by atoms with Crippen LogP contribution in [-0.2, 0) is 11.2 Å². The van der Waals surface area contributed by atoms with Crippen LogP contribution in [0, 0.1) is 12.7 Å². The molecule has 0 saturated carbocycles. The van der Waals surface area contributed by atoms with E-state index in [1.165, 1.54) is 12.1 Å². The van der Waals surface area contributed by atoms with Crippen molar-refractivity contribution in [3.8, 4) is 0 Å². The largest absolute Gasteiger partial charge is 0.361 e. The summed E-state index contributed by atoms with van der Waals surface area (Å²) in [6.07, 6.45) is 2.92. The van der Waals surface area contributed by atoms with Gasteiger partial charge in [-0.1, -0.05) is 17.7 Å². The van der Waals surface area contributed by atoms with Crippen molar-refractivity contribution in [1.82, 2.24) is 15.6 Å². The van der Waals surface area contributed by atoms with Crippen molar-refractivity contribution in [3.05, 3.63) is 64.6 Å². The number of amides is 1. The van der Waals surface area contributed by atoms with E-state index in [9.17, 15) is 9.18 Å². The summed E-state index contributed by atoms with van der Waals surface area (Å²) in [5.74, 6) is 0.226. The Hall–Kier alpha value is -3.06. The smallest absolute Gasteiger partial charge is 0.226 e. The number of anilines is 1. The number of nitrogens with one attached hydrogen (secondary N) is 4. The number of H-pyrrole nitrogens is 1. The molecule has 0 aliphatic rings. The highest BCUT2D eigenvalue weighted by atomic mass is 35.5. The highest BCUT2D eigenvalue weighted by molar-refractivity contribution is 6.33. The molecule has 0 atom stereocenters. The molecule has 0 bridgehead atoms. The van der Waals surface area contributed by atoms with Crippen LogP contribution in [0.2, 0.25) is 5.02 Å². The molecule has 2 aromatic carbocycles. The maximum absolute atomic E-state index is 13.3. The van der Waals surface area contributed by atoms with Gasteiger partial charge in [0.25, 0.3) is 0 Å². The van der Waals surface area contributed by atoms with E-state index in [4.69, 9.17) is 11.6 Å². The lowest BCUT2D eigenvalue weighted by Crippen LogP contribution is -2.39. The minimum atomic E-state index is -0.257. The summed E-state index contributed by atoms with van der Waals surface area (Å²) in [6.45, 7) is 3.02. The second kappa shape index (κ2) is 10.1. The second-order valence-electron chi connectivity index (χ2n) is 6.96. The predicted molar refractivity (Wildman–Crippen MR) is 121 cm³/mol. The van der Waals surface area contributed by atoms with Crippen molar-refractivity contribution in [1.29, 1.82) is 0 Å². The maximum Gasteiger partial charge on any atom is 0.226 e. The molecule has 0 saturated heterocycles. The second-order valence-corrected chi connectivity index (χ2v) is 7.37. The van der Waals surface area contributed by atoms with Gasteiger partial charge in [-0.3, -0.25) is 9.79 Å². The van der Waals surface area contributed by atoms with E-state index in [1.54, 1.807) is 19.2 Å². The van der Waals surface area contributed by atoms with E-state index in [0.717, 1.165) is 28.5 Å². The number of rotatable bonds is 7. The fourth-order valence-electron chi connectivity index (χ4n) is 3.13. The first-order chi connectivity index (χ1) is 14.5. The molecule has 1 amide bonds. The predicted octanol–water partition coefficient (Wildman–Crippen LogP) is 4.01. The summed E-state index contributed by atoms with van der Waals surface area (Å²) in [6, 6.07) is 10.2. The van der Waals surface area contributed by atoms with Gasteiger partial charge in [0, 0.05) is 43.7 Å².